The van der Waals surface area contributed by atoms with Crippen molar-refractivity contribution in [3.05, 3.63) is 65.2 Å². The fourth-order valence-electron chi connectivity index (χ4n) is 1.53. The molecular weight excluding hydrogens is 205 g/mol. The molecule has 1 heterocycles. The Bertz CT molecular complexity index is 497. The van der Waals surface area contributed by atoms with E-state index in [0.717, 1.165) is 5.56 Å². The summed E-state index contributed by atoms with van der Waals surface area (Å²) in [5.41, 5.74) is 1.92. The Balaban J connectivity index is 2.30. The number of hydrogen-bond donors (Lipinski definition) is 0. The van der Waals surface area contributed by atoms with Crippen molar-refractivity contribution in [2.45, 2.75) is 6.42 Å². The van der Waals surface area contributed by atoms with Crippen LogP contribution in [0.2, 0.25) is 0 Å². The third-order valence-corrected chi connectivity index (χ3v) is 2.32. The Morgan fingerprint density at radius 1 is 1.31 bits per heavy atom. The number of rotatable bonds is 3. The minimum atomic E-state index is -0.297. The van der Waals surface area contributed by atoms with E-state index in [0.29, 0.717) is 23.8 Å². The van der Waals surface area contributed by atoms with Crippen molar-refractivity contribution >= 4 is 6.29 Å². The number of halogens is 1. The summed E-state index contributed by atoms with van der Waals surface area (Å²) in [4.78, 5) is 14.5. The number of benzene rings is 1. The van der Waals surface area contributed by atoms with Crippen molar-refractivity contribution in [1.82, 2.24) is 4.98 Å². The molecule has 2 rings (SSSR count). The van der Waals surface area contributed by atoms with Crippen LogP contribution in [0.4, 0.5) is 4.39 Å². The van der Waals surface area contributed by atoms with E-state index in [1.807, 2.05) is 6.07 Å². The van der Waals surface area contributed by atoms with Crippen LogP contribution in [-0.4, -0.2) is 11.3 Å². The van der Waals surface area contributed by atoms with Crippen molar-refractivity contribution in [2.24, 2.45) is 0 Å². The lowest BCUT2D eigenvalue weighted by atomic mass is 10.0. The molecule has 0 N–H and O–H groups in total. The standard InChI is InChI=1S/C13H10FNO/c14-13-4-3-11(9-16)7-12(13)6-10-2-1-5-15-8-10/h1-5,7-9H,6H2. The van der Waals surface area contributed by atoms with Crippen LogP contribution in [0, 0.1) is 5.82 Å². The molecule has 0 amide bonds. The van der Waals surface area contributed by atoms with Gasteiger partial charge in [-0.15, -0.1) is 0 Å². The monoisotopic (exact) mass is 215 g/mol. The molecule has 0 fully saturated rings. The molecule has 0 bridgehead atoms. The number of hydrogen-bond acceptors (Lipinski definition) is 2. The van der Waals surface area contributed by atoms with Gasteiger partial charge in [0.15, 0.2) is 0 Å². The summed E-state index contributed by atoms with van der Waals surface area (Å²) in [6, 6.07) is 8.02. The Kier molecular flexibility index (Phi) is 3.05. The molecule has 1 aromatic carbocycles. The van der Waals surface area contributed by atoms with Gasteiger partial charge in [-0.25, -0.2) is 4.39 Å². The summed E-state index contributed by atoms with van der Waals surface area (Å²) in [5, 5.41) is 0. The molecule has 2 nitrogen and oxygen atoms in total. The normalized spacial score (nSPS) is 10.1. The number of nitrogens with zero attached hydrogens (tertiary/aromatic N) is 1. The molecule has 0 saturated carbocycles. The maximum atomic E-state index is 13.5. The van der Waals surface area contributed by atoms with Gasteiger partial charge in [0, 0.05) is 24.4 Å². The molecule has 0 radical (unpaired) electrons. The summed E-state index contributed by atoms with van der Waals surface area (Å²) in [6.45, 7) is 0. The number of pyridine rings is 1. The molecule has 16 heavy (non-hydrogen) atoms. The first kappa shape index (κ1) is 10.5. The summed E-state index contributed by atoms with van der Waals surface area (Å²) in [7, 11) is 0. The Morgan fingerprint density at radius 2 is 2.19 bits per heavy atom. The smallest absolute Gasteiger partial charge is 0.150 e. The molecule has 1 aromatic heterocycles. The van der Waals surface area contributed by atoms with Gasteiger partial charge in [0.2, 0.25) is 0 Å². The highest BCUT2D eigenvalue weighted by molar-refractivity contribution is 5.75. The molecule has 0 atom stereocenters. The highest BCUT2D eigenvalue weighted by Gasteiger charge is 2.04. The maximum absolute atomic E-state index is 13.5. The van der Waals surface area contributed by atoms with Crippen molar-refractivity contribution in [2.75, 3.05) is 0 Å². The molecule has 0 spiro atoms. The van der Waals surface area contributed by atoms with Crippen LogP contribution >= 0.6 is 0 Å². The highest BCUT2D eigenvalue weighted by Crippen LogP contribution is 2.14. The molecule has 0 aliphatic heterocycles. The van der Waals surface area contributed by atoms with Gasteiger partial charge in [0.1, 0.15) is 12.1 Å². The third-order valence-electron chi connectivity index (χ3n) is 2.32. The quantitative estimate of drug-likeness (QED) is 0.737. The minimum Gasteiger partial charge on any atom is -0.298 e. The van der Waals surface area contributed by atoms with E-state index >= 15 is 0 Å². The lowest BCUT2D eigenvalue weighted by molar-refractivity contribution is 0.112. The number of aromatic nitrogens is 1. The molecule has 0 aliphatic carbocycles. The second-order valence-corrected chi connectivity index (χ2v) is 3.51. The van der Waals surface area contributed by atoms with Crippen LogP contribution in [0.15, 0.2) is 42.7 Å². The van der Waals surface area contributed by atoms with Crippen molar-refractivity contribution in [3.8, 4) is 0 Å². The third kappa shape index (κ3) is 2.31. The number of aldehydes is 1. The van der Waals surface area contributed by atoms with Crippen LogP contribution in [0.5, 0.6) is 0 Å². The first-order valence-corrected chi connectivity index (χ1v) is 4.92. The van der Waals surface area contributed by atoms with Crippen molar-refractivity contribution < 1.29 is 9.18 Å². The Hall–Kier alpha value is -2.03. The van der Waals surface area contributed by atoms with Crippen LogP contribution < -0.4 is 0 Å². The van der Waals surface area contributed by atoms with E-state index < -0.39 is 0 Å². The van der Waals surface area contributed by atoms with Gasteiger partial charge in [-0.2, -0.15) is 0 Å². The largest absolute Gasteiger partial charge is 0.298 e. The van der Waals surface area contributed by atoms with E-state index in [1.54, 1.807) is 24.5 Å². The lowest BCUT2D eigenvalue weighted by Gasteiger charge is -2.03. The topological polar surface area (TPSA) is 30.0 Å². The predicted octanol–water partition coefficient (Wildman–Crippen LogP) is 2.62. The van der Waals surface area contributed by atoms with Gasteiger partial charge in [-0.05, 0) is 35.4 Å². The second kappa shape index (κ2) is 4.66. The van der Waals surface area contributed by atoms with Gasteiger partial charge in [0.25, 0.3) is 0 Å². The van der Waals surface area contributed by atoms with Crippen LogP contribution in [0.25, 0.3) is 0 Å². The fourth-order valence-corrected chi connectivity index (χ4v) is 1.53. The van der Waals surface area contributed by atoms with Crippen molar-refractivity contribution in [1.29, 1.82) is 0 Å². The lowest BCUT2D eigenvalue weighted by Crippen LogP contribution is -1.95. The van der Waals surface area contributed by atoms with E-state index in [9.17, 15) is 9.18 Å². The van der Waals surface area contributed by atoms with Crippen molar-refractivity contribution in [3.63, 3.8) is 0 Å². The minimum absolute atomic E-state index is 0.297. The summed E-state index contributed by atoms with van der Waals surface area (Å²) in [6.07, 6.45) is 4.52. The fraction of sp³-hybridized carbons (Fsp3) is 0.0769. The summed E-state index contributed by atoms with van der Waals surface area (Å²) >= 11 is 0. The molecular formula is C13H10FNO. The number of carbonyl (C=O) groups is 1. The second-order valence-electron chi connectivity index (χ2n) is 3.51. The highest BCUT2D eigenvalue weighted by atomic mass is 19.1. The first-order valence-electron chi connectivity index (χ1n) is 4.92. The average Bonchev–Trinajstić information content (AvgIpc) is 2.33. The van der Waals surface area contributed by atoms with Crippen LogP contribution in [0.1, 0.15) is 21.5 Å². The Labute approximate surface area is 92.8 Å². The molecule has 3 heteroatoms. The van der Waals surface area contributed by atoms with Gasteiger partial charge in [0.05, 0.1) is 0 Å². The van der Waals surface area contributed by atoms with Gasteiger partial charge >= 0.3 is 0 Å². The molecule has 0 aliphatic rings. The summed E-state index contributed by atoms with van der Waals surface area (Å²) in [5.74, 6) is -0.297. The average molecular weight is 215 g/mol. The van der Waals surface area contributed by atoms with Crippen LogP contribution in [0.3, 0.4) is 0 Å². The number of carbonyl (C=O) groups excluding carboxylic acids is 1. The zero-order chi connectivity index (χ0) is 11.4. The van der Waals surface area contributed by atoms with Gasteiger partial charge in [-0.3, -0.25) is 9.78 Å². The zero-order valence-electron chi connectivity index (χ0n) is 8.56. The maximum Gasteiger partial charge on any atom is 0.150 e. The van der Waals surface area contributed by atoms with E-state index in [4.69, 9.17) is 0 Å². The molecule has 0 saturated heterocycles. The predicted molar refractivity (Wildman–Crippen MR) is 58.8 cm³/mol. The van der Waals surface area contributed by atoms with E-state index in [2.05, 4.69) is 4.98 Å². The zero-order valence-corrected chi connectivity index (χ0v) is 8.56. The van der Waals surface area contributed by atoms with Gasteiger partial charge in [-0.1, -0.05) is 6.07 Å². The van der Waals surface area contributed by atoms with E-state index in [-0.39, 0.29) is 5.82 Å². The van der Waals surface area contributed by atoms with Crippen LogP contribution in [-0.2, 0) is 6.42 Å². The first-order chi connectivity index (χ1) is 7.79. The van der Waals surface area contributed by atoms with E-state index in [1.165, 1.54) is 12.1 Å². The SMILES string of the molecule is O=Cc1ccc(F)c(Cc2cccnc2)c1. The summed E-state index contributed by atoms with van der Waals surface area (Å²) < 4.78 is 13.5. The molecule has 0 unspecified atom stereocenters. The molecule has 2 aromatic rings. The molecule has 80 valence electrons. The Morgan fingerprint density at radius 3 is 2.88 bits per heavy atom. The van der Waals surface area contributed by atoms with Gasteiger partial charge < -0.3 is 0 Å².